The van der Waals surface area contributed by atoms with Gasteiger partial charge in [-0.25, -0.2) is 4.79 Å². The molecule has 0 aliphatic rings. The van der Waals surface area contributed by atoms with E-state index in [1.54, 1.807) is 0 Å². The van der Waals surface area contributed by atoms with Crippen LogP contribution >= 0.6 is 0 Å². The molecule has 0 heterocycles. The molecule has 0 aromatic rings. The van der Waals surface area contributed by atoms with Crippen molar-refractivity contribution >= 4 is 29.7 Å². The van der Waals surface area contributed by atoms with Gasteiger partial charge in [0.05, 0.1) is 0 Å². The fourth-order valence-electron chi connectivity index (χ4n) is 0. The van der Waals surface area contributed by atoms with Crippen LogP contribution < -0.4 is 15.3 Å². The van der Waals surface area contributed by atoms with Crippen molar-refractivity contribution < 1.29 is 63.0 Å². The van der Waals surface area contributed by atoms with Gasteiger partial charge in [0, 0.05) is 43.4 Å². The maximum Gasteiger partial charge on any atom is 0.371 e. The van der Waals surface area contributed by atoms with Crippen LogP contribution in [0.3, 0.4) is 0 Å². The van der Waals surface area contributed by atoms with Gasteiger partial charge in [-0.15, -0.1) is 0 Å². The summed E-state index contributed by atoms with van der Waals surface area (Å²) in [5, 5.41) is 34.3. The maximum atomic E-state index is 9.54. The third-order valence-electron chi connectivity index (χ3n) is 0.301. The van der Waals surface area contributed by atoms with Crippen LogP contribution in [0.15, 0.2) is 0 Å². The first-order chi connectivity index (χ1) is 7.84. The van der Waals surface area contributed by atoms with E-state index in [9.17, 15) is 9.59 Å². The fraction of sp³-hybridized carbons (Fsp3) is 0.444. The van der Waals surface area contributed by atoms with Crippen LogP contribution in [0.25, 0.3) is 0 Å². The minimum absolute atomic E-state index is 0. The van der Waals surface area contributed by atoms with Crippen molar-refractivity contribution in [3.63, 3.8) is 0 Å². The van der Waals surface area contributed by atoms with E-state index >= 15 is 0 Å². The minimum atomic E-state index is -1.38. The average Bonchev–Trinajstić information content (AvgIpc) is 1.99. The Morgan fingerprint density at radius 3 is 0.737 bits per heavy atom. The van der Waals surface area contributed by atoms with Crippen LogP contribution in [-0.2, 0) is 42.5 Å². The van der Waals surface area contributed by atoms with E-state index in [1.165, 1.54) is 0 Å². The second kappa shape index (κ2) is 21.4. The van der Waals surface area contributed by atoms with Gasteiger partial charge in [-0.1, -0.05) is 0 Å². The van der Waals surface area contributed by atoms with Crippen molar-refractivity contribution in [2.24, 2.45) is 0 Å². The molecule has 111 valence electrons. The minimum Gasteiger partial charge on any atom is -0.550 e. The van der Waals surface area contributed by atoms with Crippen LogP contribution in [0.5, 0.6) is 0 Å². The molecule has 9 nitrogen and oxygen atoms in total. The molecule has 0 unspecified atom stereocenters. The number of ketones is 1. The standard InChI is InChI=1S/C3H4O3.3C2H4O2.V/c1-2(4)3(5)6;3*1-2(3)4;/h1H3,(H,5,6);3*1H3,(H,3,4);/p-3. The monoisotopic (exact) mass is 316 g/mol. The first-order valence-corrected chi connectivity index (χ1v) is 4.11. The molecule has 0 fully saturated rings. The molecular formula is C9H13O9V-3. The first kappa shape index (κ1) is 30.3. The summed E-state index contributed by atoms with van der Waals surface area (Å²) in [6.45, 7) is 3.92. The van der Waals surface area contributed by atoms with Gasteiger partial charge in [0.15, 0.2) is 0 Å². The smallest absolute Gasteiger partial charge is 0.371 e. The van der Waals surface area contributed by atoms with Gasteiger partial charge >= 0.3 is 5.97 Å². The zero-order valence-electron chi connectivity index (χ0n) is 10.7. The van der Waals surface area contributed by atoms with Crippen LogP contribution in [0.4, 0.5) is 0 Å². The number of hydrogen-bond acceptors (Lipinski definition) is 8. The second-order valence-electron chi connectivity index (χ2n) is 2.34. The van der Waals surface area contributed by atoms with Gasteiger partial charge in [0.1, 0.15) is 0 Å². The molecular weight excluding hydrogens is 303 g/mol. The molecule has 0 aliphatic heterocycles. The number of carboxylic acids is 4. The molecule has 0 bridgehead atoms. The number of hydrogen-bond donors (Lipinski definition) is 1. The van der Waals surface area contributed by atoms with Crippen LogP contribution in [0.1, 0.15) is 27.7 Å². The summed E-state index contributed by atoms with van der Waals surface area (Å²) in [5.41, 5.74) is 0. The average molecular weight is 316 g/mol. The first-order valence-electron chi connectivity index (χ1n) is 4.11. The molecule has 0 saturated carbocycles. The summed E-state index contributed by atoms with van der Waals surface area (Å²) >= 11 is 0. The fourth-order valence-corrected chi connectivity index (χ4v) is 0. The van der Waals surface area contributed by atoms with Crippen molar-refractivity contribution in [1.29, 1.82) is 0 Å². The van der Waals surface area contributed by atoms with E-state index in [0.29, 0.717) is 0 Å². The van der Waals surface area contributed by atoms with E-state index in [-0.39, 0.29) is 18.6 Å². The van der Waals surface area contributed by atoms with E-state index in [4.69, 9.17) is 34.8 Å². The number of carboxylic acid groups (broad SMARTS) is 4. The molecule has 0 aromatic heterocycles. The molecule has 10 heteroatoms. The predicted octanol–water partition coefficient (Wildman–Crippen LogP) is -4.07. The van der Waals surface area contributed by atoms with Crippen molar-refractivity contribution in [3.05, 3.63) is 0 Å². The van der Waals surface area contributed by atoms with Gasteiger partial charge in [-0.05, 0) is 20.8 Å². The van der Waals surface area contributed by atoms with Gasteiger partial charge in [-0.3, -0.25) is 4.79 Å². The van der Waals surface area contributed by atoms with Gasteiger partial charge in [0.25, 0.3) is 0 Å². The van der Waals surface area contributed by atoms with E-state index in [2.05, 4.69) is 0 Å². The molecule has 0 spiro atoms. The topological polar surface area (TPSA) is 175 Å². The van der Waals surface area contributed by atoms with Gasteiger partial charge in [-0.2, -0.15) is 0 Å². The molecule has 19 heavy (non-hydrogen) atoms. The molecule has 1 radical (unpaired) electrons. The maximum absolute atomic E-state index is 9.54. The van der Waals surface area contributed by atoms with Gasteiger partial charge < -0.3 is 34.8 Å². The number of aliphatic carboxylic acids is 4. The Morgan fingerprint density at radius 1 is 0.684 bits per heavy atom. The van der Waals surface area contributed by atoms with E-state index in [1.807, 2.05) is 0 Å². The van der Waals surface area contributed by atoms with Crippen LogP contribution in [0.2, 0.25) is 0 Å². The van der Waals surface area contributed by atoms with E-state index < -0.39 is 29.7 Å². The molecule has 0 rings (SSSR count). The number of Topliss-reactive ketones (excluding diaryl/α,β-unsaturated/α-hetero) is 1. The molecule has 0 aromatic carbocycles. The molecule has 0 aliphatic carbocycles. The van der Waals surface area contributed by atoms with E-state index in [0.717, 1.165) is 27.7 Å². The predicted molar refractivity (Wildman–Crippen MR) is 50.4 cm³/mol. The summed E-state index contributed by atoms with van der Waals surface area (Å²) in [4.78, 5) is 45.6. The largest absolute Gasteiger partial charge is 0.550 e. The third kappa shape index (κ3) is 708. The Kier molecular flexibility index (Phi) is 34.2. The normalized spacial score (nSPS) is 6.32. The van der Waals surface area contributed by atoms with Gasteiger partial charge in [0.2, 0.25) is 5.78 Å². The Hall–Kier alpha value is -1.87. The summed E-state index contributed by atoms with van der Waals surface area (Å²) in [5.74, 6) is -5.45. The van der Waals surface area contributed by atoms with Crippen molar-refractivity contribution in [3.8, 4) is 0 Å². The summed E-state index contributed by atoms with van der Waals surface area (Å²) in [7, 11) is 0. The summed E-state index contributed by atoms with van der Waals surface area (Å²) < 4.78 is 0. The van der Waals surface area contributed by atoms with Crippen molar-refractivity contribution in [2.45, 2.75) is 27.7 Å². The van der Waals surface area contributed by atoms with Crippen LogP contribution in [-0.4, -0.2) is 34.8 Å². The molecule has 0 atom stereocenters. The Labute approximate surface area is 121 Å². The van der Waals surface area contributed by atoms with Crippen molar-refractivity contribution in [2.75, 3.05) is 0 Å². The Balaban J connectivity index is -0.0000000459. The van der Waals surface area contributed by atoms with Crippen molar-refractivity contribution in [1.82, 2.24) is 0 Å². The zero-order valence-corrected chi connectivity index (χ0v) is 12.1. The van der Waals surface area contributed by atoms with Crippen LogP contribution in [0, 0.1) is 0 Å². The summed E-state index contributed by atoms with van der Waals surface area (Å²) in [6, 6.07) is 0. The third-order valence-corrected chi connectivity index (χ3v) is 0.301. The number of rotatable bonds is 1. The Morgan fingerprint density at radius 2 is 0.737 bits per heavy atom. The number of carbonyl (C=O) groups excluding carboxylic acids is 4. The molecule has 1 N–H and O–H groups in total. The second-order valence-corrected chi connectivity index (χ2v) is 2.34. The number of carbonyl (C=O) groups is 5. The molecule has 0 saturated heterocycles. The Bertz CT molecular complexity index is 246. The zero-order chi connectivity index (χ0) is 15.9. The quantitative estimate of drug-likeness (QED) is 0.471. The molecule has 0 amide bonds. The SMILES string of the molecule is CC(=O)C(=O)O.CC(=O)[O-].CC(=O)[O-].CC(=O)[O-].[V]. The summed E-state index contributed by atoms with van der Waals surface area (Å²) in [6.07, 6.45) is 0.